The van der Waals surface area contributed by atoms with Crippen LogP contribution in [0, 0.1) is 0 Å². The quantitative estimate of drug-likeness (QED) is 0.219. The summed E-state index contributed by atoms with van der Waals surface area (Å²) in [6.07, 6.45) is 0. The highest BCUT2D eigenvalue weighted by atomic mass is 15.3. The molecule has 0 bridgehead atoms. The molecule has 0 aliphatic carbocycles. The summed E-state index contributed by atoms with van der Waals surface area (Å²) in [6.45, 7) is 0. The molecule has 8 aromatic rings. The molecule has 0 spiro atoms. The van der Waals surface area contributed by atoms with Gasteiger partial charge in [0.2, 0.25) is 0 Å². The standard InChI is InChI=1S/C38H26N4/c1-3-12-27(13-4-1)29-14-11-15-30(26-29)38-40-39-37(42(38)31-16-5-2-6-17-31)28-22-24-32(25-23-28)41-35-20-9-7-18-33(35)34-19-8-10-21-36(34)41/h1-26H. The molecule has 0 unspecified atom stereocenters. The van der Waals surface area contributed by atoms with Gasteiger partial charge in [-0.1, -0.05) is 103 Å². The zero-order valence-corrected chi connectivity index (χ0v) is 22.8. The van der Waals surface area contributed by atoms with Crippen molar-refractivity contribution in [1.29, 1.82) is 0 Å². The van der Waals surface area contributed by atoms with Crippen molar-refractivity contribution in [2.75, 3.05) is 0 Å². The summed E-state index contributed by atoms with van der Waals surface area (Å²) in [7, 11) is 0. The Bertz CT molecular complexity index is 2120. The number of hydrogen-bond donors (Lipinski definition) is 0. The molecule has 0 N–H and O–H groups in total. The van der Waals surface area contributed by atoms with E-state index in [2.05, 4.69) is 155 Å². The fourth-order valence-corrected chi connectivity index (χ4v) is 5.91. The van der Waals surface area contributed by atoms with Crippen molar-refractivity contribution in [2.24, 2.45) is 0 Å². The molecular formula is C38H26N4. The number of fused-ring (bicyclic) bond motifs is 3. The van der Waals surface area contributed by atoms with Gasteiger partial charge in [-0.3, -0.25) is 4.57 Å². The van der Waals surface area contributed by atoms with Crippen molar-refractivity contribution >= 4 is 21.8 Å². The van der Waals surface area contributed by atoms with Crippen LogP contribution in [0.25, 0.3) is 67.1 Å². The summed E-state index contributed by atoms with van der Waals surface area (Å²) < 4.78 is 4.48. The van der Waals surface area contributed by atoms with Gasteiger partial charge in [0, 0.05) is 33.3 Å². The van der Waals surface area contributed by atoms with E-state index in [0.717, 1.165) is 39.7 Å². The van der Waals surface area contributed by atoms with Crippen LogP contribution in [0.4, 0.5) is 0 Å². The second kappa shape index (κ2) is 10.0. The monoisotopic (exact) mass is 538 g/mol. The van der Waals surface area contributed by atoms with Gasteiger partial charge in [0.05, 0.1) is 11.0 Å². The zero-order valence-electron chi connectivity index (χ0n) is 22.8. The van der Waals surface area contributed by atoms with Crippen molar-refractivity contribution in [2.45, 2.75) is 0 Å². The third-order valence-electron chi connectivity index (χ3n) is 7.87. The third kappa shape index (κ3) is 4.01. The summed E-state index contributed by atoms with van der Waals surface area (Å²) in [5.41, 5.74) is 8.85. The van der Waals surface area contributed by atoms with E-state index in [9.17, 15) is 0 Å². The molecule has 4 nitrogen and oxygen atoms in total. The predicted octanol–water partition coefficient (Wildman–Crippen LogP) is 9.37. The van der Waals surface area contributed by atoms with Crippen LogP contribution in [0.2, 0.25) is 0 Å². The van der Waals surface area contributed by atoms with Crippen LogP contribution < -0.4 is 0 Å². The SMILES string of the molecule is c1ccc(-c2cccc(-c3nnc(-c4ccc(-n5c6ccccc6c6ccccc65)cc4)n3-c3ccccc3)c2)cc1. The Morgan fingerprint density at radius 3 is 1.50 bits per heavy atom. The molecule has 0 saturated carbocycles. The molecule has 198 valence electrons. The molecule has 0 aliphatic rings. The number of benzene rings is 6. The van der Waals surface area contributed by atoms with E-state index in [4.69, 9.17) is 10.2 Å². The van der Waals surface area contributed by atoms with Crippen LogP contribution in [0.15, 0.2) is 158 Å². The van der Waals surface area contributed by atoms with Gasteiger partial charge in [-0.2, -0.15) is 0 Å². The summed E-state index contributed by atoms with van der Waals surface area (Å²) in [5.74, 6) is 1.61. The first-order valence-electron chi connectivity index (χ1n) is 14.1. The van der Waals surface area contributed by atoms with E-state index in [-0.39, 0.29) is 0 Å². The van der Waals surface area contributed by atoms with Gasteiger partial charge in [-0.05, 0) is 65.7 Å². The summed E-state index contributed by atoms with van der Waals surface area (Å²) in [4.78, 5) is 0. The number of hydrogen-bond acceptors (Lipinski definition) is 2. The van der Waals surface area contributed by atoms with E-state index in [0.29, 0.717) is 0 Å². The lowest BCUT2D eigenvalue weighted by atomic mass is 10.0. The largest absolute Gasteiger partial charge is 0.309 e. The maximum absolute atomic E-state index is 4.74. The summed E-state index contributed by atoms with van der Waals surface area (Å²) in [6, 6.07) is 55.1. The Balaban J connectivity index is 1.26. The van der Waals surface area contributed by atoms with Crippen LogP contribution in [0.1, 0.15) is 0 Å². The minimum Gasteiger partial charge on any atom is -0.309 e. The molecule has 8 rings (SSSR count). The van der Waals surface area contributed by atoms with E-state index in [1.807, 2.05) is 12.1 Å². The Hall–Kier alpha value is -5.74. The van der Waals surface area contributed by atoms with Crippen molar-refractivity contribution in [3.63, 3.8) is 0 Å². The Morgan fingerprint density at radius 1 is 0.333 bits per heavy atom. The lowest BCUT2D eigenvalue weighted by Crippen LogP contribution is -2.01. The highest BCUT2D eigenvalue weighted by Crippen LogP contribution is 2.34. The first kappa shape index (κ1) is 24.1. The molecule has 0 saturated heterocycles. The molecule has 2 heterocycles. The molecule has 0 radical (unpaired) electrons. The van der Waals surface area contributed by atoms with Gasteiger partial charge in [0.25, 0.3) is 0 Å². The third-order valence-corrected chi connectivity index (χ3v) is 7.87. The number of rotatable bonds is 5. The lowest BCUT2D eigenvalue weighted by molar-refractivity contribution is 1.07. The van der Waals surface area contributed by atoms with Crippen LogP contribution in [-0.4, -0.2) is 19.3 Å². The minimum absolute atomic E-state index is 0.801. The Kier molecular flexibility index (Phi) is 5.75. The minimum atomic E-state index is 0.801. The maximum atomic E-state index is 4.74. The van der Waals surface area contributed by atoms with Gasteiger partial charge in [0.1, 0.15) is 0 Å². The predicted molar refractivity (Wildman–Crippen MR) is 172 cm³/mol. The normalized spacial score (nSPS) is 11.3. The van der Waals surface area contributed by atoms with Gasteiger partial charge in [-0.15, -0.1) is 10.2 Å². The smallest absolute Gasteiger partial charge is 0.168 e. The fraction of sp³-hybridized carbons (Fsp3) is 0. The van der Waals surface area contributed by atoms with E-state index in [1.165, 1.54) is 27.4 Å². The van der Waals surface area contributed by atoms with Crippen LogP contribution in [-0.2, 0) is 0 Å². The van der Waals surface area contributed by atoms with Crippen LogP contribution in [0.5, 0.6) is 0 Å². The highest BCUT2D eigenvalue weighted by molar-refractivity contribution is 6.09. The fourth-order valence-electron chi connectivity index (χ4n) is 5.91. The summed E-state index contributed by atoms with van der Waals surface area (Å²) >= 11 is 0. The van der Waals surface area contributed by atoms with Crippen molar-refractivity contribution in [1.82, 2.24) is 19.3 Å². The summed E-state index contributed by atoms with van der Waals surface area (Å²) in [5, 5.41) is 12.0. The van der Waals surface area contributed by atoms with Gasteiger partial charge in [0.15, 0.2) is 11.6 Å². The molecule has 0 atom stereocenters. The second-order valence-electron chi connectivity index (χ2n) is 10.4. The zero-order chi connectivity index (χ0) is 27.9. The molecule has 42 heavy (non-hydrogen) atoms. The van der Waals surface area contributed by atoms with E-state index in [1.54, 1.807) is 0 Å². The second-order valence-corrected chi connectivity index (χ2v) is 10.4. The van der Waals surface area contributed by atoms with Crippen molar-refractivity contribution < 1.29 is 0 Å². The lowest BCUT2D eigenvalue weighted by Gasteiger charge is -2.13. The number of para-hydroxylation sites is 3. The van der Waals surface area contributed by atoms with E-state index >= 15 is 0 Å². The topological polar surface area (TPSA) is 35.6 Å². The molecule has 0 amide bonds. The Morgan fingerprint density at radius 2 is 0.833 bits per heavy atom. The highest BCUT2D eigenvalue weighted by Gasteiger charge is 2.18. The van der Waals surface area contributed by atoms with Crippen LogP contribution >= 0.6 is 0 Å². The first-order valence-corrected chi connectivity index (χ1v) is 14.1. The van der Waals surface area contributed by atoms with Gasteiger partial charge in [-0.25, -0.2) is 0 Å². The molecule has 4 heteroatoms. The van der Waals surface area contributed by atoms with E-state index < -0.39 is 0 Å². The molecular weight excluding hydrogens is 512 g/mol. The maximum Gasteiger partial charge on any atom is 0.168 e. The van der Waals surface area contributed by atoms with Gasteiger partial charge < -0.3 is 4.57 Å². The Labute approximate surface area is 243 Å². The van der Waals surface area contributed by atoms with Gasteiger partial charge >= 0.3 is 0 Å². The number of nitrogens with zero attached hydrogens (tertiary/aromatic N) is 4. The first-order chi connectivity index (χ1) is 20.8. The molecule has 2 aromatic heterocycles. The molecule has 0 aliphatic heterocycles. The van der Waals surface area contributed by atoms with Crippen LogP contribution in [0.3, 0.4) is 0 Å². The van der Waals surface area contributed by atoms with Crippen molar-refractivity contribution in [3.8, 4) is 45.3 Å². The molecule has 6 aromatic carbocycles. The average molecular weight is 539 g/mol. The average Bonchev–Trinajstić information content (AvgIpc) is 3.66. The van der Waals surface area contributed by atoms with Crippen molar-refractivity contribution in [3.05, 3.63) is 158 Å². The molecule has 0 fully saturated rings. The number of aromatic nitrogens is 4.